The number of aliphatic hydroxyl groups is 1. The summed E-state index contributed by atoms with van der Waals surface area (Å²) < 4.78 is 3.99. The second kappa shape index (κ2) is 4.76. The number of piperidine rings is 1. The maximum Gasteiger partial charge on any atom is 0.233 e. The summed E-state index contributed by atoms with van der Waals surface area (Å²) >= 11 is 1.34. The average molecular weight is 228 g/mol. The topological polar surface area (TPSA) is 75.3 Å². The molecule has 6 heteroatoms. The maximum atomic E-state index is 9.00. The Balaban J connectivity index is 2.10. The normalized spacial score (nSPS) is 21.9. The number of hydrogen-bond acceptors (Lipinski definition) is 6. The third-order valence-corrected chi connectivity index (χ3v) is 3.53. The predicted octanol–water partition coefficient (Wildman–Crippen LogP) is 0.862. The molecule has 0 amide bonds. The van der Waals surface area contributed by atoms with Gasteiger partial charge < -0.3 is 15.7 Å². The zero-order valence-electron chi connectivity index (χ0n) is 8.59. The zero-order valence-corrected chi connectivity index (χ0v) is 9.41. The molecular formula is C9H16N4OS. The van der Waals surface area contributed by atoms with E-state index in [1.165, 1.54) is 24.4 Å². The minimum atomic E-state index is 0.232. The fourth-order valence-corrected chi connectivity index (χ4v) is 2.74. The molecule has 0 bridgehead atoms. The standard InChI is InChI=1S/C9H16N4OS/c10-8-11-9(15-12-8)13-5-2-1-3-7(13)4-6-14/h7,14H,1-6H2,(H2,10,12). The SMILES string of the molecule is Nc1nsc(N2CCCCC2CCO)n1. The number of hydrogen-bond donors (Lipinski definition) is 2. The van der Waals surface area contributed by atoms with Gasteiger partial charge in [-0.15, -0.1) is 0 Å². The van der Waals surface area contributed by atoms with E-state index in [-0.39, 0.29) is 6.61 Å². The molecule has 1 aromatic heterocycles. The van der Waals surface area contributed by atoms with Crippen molar-refractivity contribution in [1.29, 1.82) is 0 Å². The van der Waals surface area contributed by atoms with E-state index in [0.29, 0.717) is 12.0 Å². The summed E-state index contributed by atoms with van der Waals surface area (Å²) in [7, 11) is 0. The second-order valence-electron chi connectivity index (χ2n) is 3.79. The van der Waals surface area contributed by atoms with Crippen LogP contribution in [0.2, 0.25) is 0 Å². The molecule has 84 valence electrons. The minimum Gasteiger partial charge on any atom is -0.396 e. The van der Waals surface area contributed by atoms with E-state index in [9.17, 15) is 0 Å². The third kappa shape index (κ3) is 2.38. The molecule has 15 heavy (non-hydrogen) atoms. The molecule has 3 N–H and O–H groups in total. The number of nitrogens with zero attached hydrogens (tertiary/aromatic N) is 3. The van der Waals surface area contributed by atoms with Crippen LogP contribution in [0.1, 0.15) is 25.7 Å². The van der Waals surface area contributed by atoms with Crippen LogP contribution in [0.5, 0.6) is 0 Å². The Morgan fingerprint density at radius 3 is 3.07 bits per heavy atom. The smallest absolute Gasteiger partial charge is 0.233 e. The molecule has 2 rings (SSSR count). The van der Waals surface area contributed by atoms with Crippen molar-refractivity contribution < 1.29 is 5.11 Å². The third-order valence-electron chi connectivity index (χ3n) is 2.77. The predicted molar refractivity (Wildman–Crippen MR) is 61.0 cm³/mol. The van der Waals surface area contributed by atoms with E-state index in [2.05, 4.69) is 14.3 Å². The Labute approximate surface area is 93.1 Å². The van der Waals surface area contributed by atoms with Gasteiger partial charge in [-0.3, -0.25) is 0 Å². The summed E-state index contributed by atoms with van der Waals surface area (Å²) in [4.78, 5) is 6.43. The van der Waals surface area contributed by atoms with E-state index in [1.807, 2.05) is 0 Å². The molecular weight excluding hydrogens is 212 g/mol. The average Bonchev–Trinajstić information content (AvgIpc) is 2.66. The van der Waals surface area contributed by atoms with Gasteiger partial charge in [-0.25, -0.2) is 0 Å². The van der Waals surface area contributed by atoms with Crippen LogP contribution in [-0.2, 0) is 0 Å². The van der Waals surface area contributed by atoms with E-state index in [1.54, 1.807) is 0 Å². The zero-order chi connectivity index (χ0) is 10.7. The van der Waals surface area contributed by atoms with Gasteiger partial charge in [0.1, 0.15) is 0 Å². The van der Waals surface area contributed by atoms with Gasteiger partial charge >= 0.3 is 0 Å². The Kier molecular flexibility index (Phi) is 3.37. The van der Waals surface area contributed by atoms with Gasteiger partial charge in [0.25, 0.3) is 0 Å². The summed E-state index contributed by atoms with van der Waals surface area (Å²) in [5, 5.41) is 9.90. The monoisotopic (exact) mass is 228 g/mol. The lowest BCUT2D eigenvalue weighted by Crippen LogP contribution is -2.40. The van der Waals surface area contributed by atoms with Crippen LogP contribution >= 0.6 is 11.5 Å². The van der Waals surface area contributed by atoms with Crippen molar-refractivity contribution in [2.75, 3.05) is 23.8 Å². The molecule has 0 aromatic carbocycles. The van der Waals surface area contributed by atoms with Crippen molar-refractivity contribution in [3.05, 3.63) is 0 Å². The number of anilines is 2. The van der Waals surface area contributed by atoms with Crippen LogP contribution in [0.4, 0.5) is 11.1 Å². The highest BCUT2D eigenvalue weighted by Gasteiger charge is 2.24. The van der Waals surface area contributed by atoms with Crippen LogP contribution in [0.3, 0.4) is 0 Å². The summed E-state index contributed by atoms with van der Waals surface area (Å²) in [6, 6.07) is 0.399. The molecule has 1 saturated heterocycles. The Hall–Kier alpha value is -0.880. The van der Waals surface area contributed by atoms with Crippen molar-refractivity contribution in [1.82, 2.24) is 9.36 Å². The molecule has 0 radical (unpaired) electrons. The highest BCUT2D eigenvalue weighted by molar-refractivity contribution is 7.09. The lowest BCUT2D eigenvalue weighted by molar-refractivity contribution is 0.262. The second-order valence-corrected chi connectivity index (χ2v) is 4.52. The van der Waals surface area contributed by atoms with E-state index in [4.69, 9.17) is 10.8 Å². The van der Waals surface area contributed by atoms with Gasteiger partial charge in [-0.1, -0.05) is 0 Å². The molecule has 5 nitrogen and oxygen atoms in total. The number of nitrogen functional groups attached to an aromatic ring is 1. The number of rotatable bonds is 3. The van der Waals surface area contributed by atoms with Gasteiger partial charge in [0.15, 0.2) is 0 Å². The molecule has 0 spiro atoms. The highest BCUT2D eigenvalue weighted by Crippen LogP contribution is 2.27. The van der Waals surface area contributed by atoms with Gasteiger partial charge in [-0.05, 0) is 25.7 Å². The summed E-state index contributed by atoms with van der Waals surface area (Å²) in [6.45, 7) is 1.23. The lowest BCUT2D eigenvalue weighted by Gasteiger charge is -2.34. The van der Waals surface area contributed by atoms with Crippen molar-refractivity contribution in [2.24, 2.45) is 0 Å². The Morgan fingerprint density at radius 2 is 2.40 bits per heavy atom. The Morgan fingerprint density at radius 1 is 1.53 bits per heavy atom. The quantitative estimate of drug-likeness (QED) is 0.802. The van der Waals surface area contributed by atoms with Crippen LogP contribution in [0.25, 0.3) is 0 Å². The lowest BCUT2D eigenvalue weighted by atomic mass is 10.0. The van der Waals surface area contributed by atoms with Crippen molar-refractivity contribution >= 4 is 22.6 Å². The maximum absolute atomic E-state index is 9.00. The largest absolute Gasteiger partial charge is 0.396 e. The Bertz CT molecular complexity index is 315. The summed E-state index contributed by atoms with van der Waals surface area (Å²) in [6.07, 6.45) is 4.34. The summed E-state index contributed by atoms with van der Waals surface area (Å²) in [5.41, 5.74) is 5.52. The molecule has 1 aliphatic rings. The number of aliphatic hydroxyl groups excluding tert-OH is 1. The van der Waals surface area contributed by atoms with E-state index in [0.717, 1.165) is 24.5 Å². The molecule has 1 unspecified atom stereocenters. The molecule has 1 aliphatic heterocycles. The minimum absolute atomic E-state index is 0.232. The number of nitrogens with two attached hydrogens (primary N) is 1. The van der Waals surface area contributed by atoms with Crippen LogP contribution in [-0.4, -0.2) is 33.7 Å². The first-order chi connectivity index (χ1) is 7.31. The fourth-order valence-electron chi connectivity index (χ4n) is 2.04. The molecule has 0 saturated carbocycles. The molecule has 1 atom stereocenters. The van der Waals surface area contributed by atoms with Crippen LogP contribution < -0.4 is 10.6 Å². The molecule has 0 aliphatic carbocycles. The first-order valence-corrected chi connectivity index (χ1v) is 6.05. The first kappa shape index (κ1) is 10.6. The van der Waals surface area contributed by atoms with Crippen molar-refractivity contribution in [3.63, 3.8) is 0 Å². The first-order valence-electron chi connectivity index (χ1n) is 5.28. The van der Waals surface area contributed by atoms with Crippen molar-refractivity contribution in [3.8, 4) is 0 Å². The molecule has 1 aromatic rings. The fraction of sp³-hybridized carbons (Fsp3) is 0.778. The van der Waals surface area contributed by atoms with Gasteiger partial charge in [0.2, 0.25) is 11.1 Å². The molecule has 2 heterocycles. The van der Waals surface area contributed by atoms with Gasteiger partial charge in [0.05, 0.1) is 0 Å². The van der Waals surface area contributed by atoms with Crippen LogP contribution in [0, 0.1) is 0 Å². The number of aromatic nitrogens is 2. The highest BCUT2D eigenvalue weighted by atomic mass is 32.1. The van der Waals surface area contributed by atoms with Gasteiger partial charge in [0, 0.05) is 30.7 Å². The van der Waals surface area contributed by atoms with E-state index >= 15 is 0 Å². The molecule has 1 fully saturated rings. The van der Waals surface area contributed by atoms with Crippen LogP contribution in [0.15, 0.2) is 0 Å². The van der Waals surface area contributed by atoms with Crippen molar-refractivity contribution in [2.45, 2.75) is 31.7 Å². The van der Waals surface area contributed by atoms with Gasteiger partial charge in [-0.2, -0.15) is 9.36 Å². The van der Waals surface area contributed by atoms with E-state index < -0.39 is 0 Å². The summed E-state index contributed by atoms with van der Waals surface area (Å²) in [5.74, 6) is 0.350.